The van der Waals surface area contributed by atoms with Crippen LogP contribution in [0.25, 0.3) is 0 Å². The molecule has 0 aromatic heterocycles. The fraction of sp³-hybridized carbons (Fsp3) is 0.238. The second kappa shape index (κ2) is 10.5. The number of hydrogen-bond donors (Lipinski definition) is 2. The maximum absolute atomic E-state index is 12.5. The van der Waals surface area contributed by atoms with Gasteiger partial charge >= 0.3 is 12.0 Å². The predicted molar refractivity (Wildman–Crippen MR) is 104 cm³/mol. The standard InChI is InChI=1S/C21H21N3O5/c1-3-23-21(27)24-19(25)18(16-7-5-4-6-8-16)29-20(26)14(2)28-17-11-9-15(13-22)10-12-17/h4-12,14,18H,3H2,1-2H3,(H2,23,24,25,27)/t14-,18+/m1/s1. The van der Waals surface area contributed by atoms with Crippen LogP contribution in [0.3, 0.4) is 0 Å². The molecule has 0 aliphatic carbocycles. The van der Waals surface area contributed by atoms with E-state index in [1.807, 2.05) is 6.07 Å². The second-order valence-corrected chi connectivity index (χ2v) is 5.97. The number of urea groups is 1. The fourth-order valence-electron chi connectivity index (χ4n) is 2.36. The van der Waals surface area contributed by atoms with Crippen molar-refractivity contribution in [2.75, 3.05) is 6.54 Å². The van der Waals surface area contributed by atoms with Crippen molar-refractivity contribution in [2.45, 2.75) is 26.1 Å². The second-order valence-electron chi connectivity index (χ2n) is 5.97. The summed E-state index contributed by atoms with van der Waals surface area (Å²) in [5.41, 5.74) is 0.868. The summed E-state index contributed by atoms with van der Waals surface area (Å²) in [6, 6.07) is 15.9. The average Bonchev–Trinajstić information content (AvgIpc) is 2.73. The normalized spacial score (nSPS) is 12.0. The number of rotatable bonds is 7. The molecular formula is C21H21N3O5. The molecule has 8 heteroatoms. The third-order valence-corrected chi connectivity index (χ3v) is 3.78. The number of nitrogens with zero attached hydrogens (tertiary/aromatic N) is 1. The lowest BCUT2D eigenvalue weighted by molar-refractivity contribution is -0.162. The molecule has 0 saturated heterocycles. The first kappa shape index (κ1) is 21.4. The number of imide groups is 1. The minimum Gasteiger partial charge on any atom is -0.479 e. The highest BCUT2D eigenvalue weighted by Crippen LogP contribution is 2.20. The summed E-state index contributed by atoms with van der Waals surface area (Å²) in [6.07, 6.45) is -2.34. The van der Waals surface area contributed by atoms with Crippen LogP contribution >= 0.6 is 0 Å². The van der Waals surface area contributed by atoms with Crippen molar-refractivity contribution in [3.63, 3.8) is 0 Å². The molecule has 3 amide bonds. The first-order chi connectivity index (χ1) is 13.9. The molecule has 0 spiro atoms. The Bertz CT molecular complexity index is 891. The van der Waals surface area contributed by atoms with Crippen molar-refractivity contribution in [1.29, 1.82) is 5.26 Å². The van der Waals surface area contributed by atoms with Crippen LogP contribution in [-0.2, 0) is 14.3 Å². The molecule has 29 heavy (non-hydrogen) atoms. The van der Waals surface area contributed by atoms with E-state index in [4.69, 9.17) is 14.7 Å². The summed E-state index contributed by atoms with van der Waals surface area (Å²) < 4.78 is 10.9. The Morgan fingerprint density at radius 2 is 1.72 bits per heavy atom. The molecule has 0 aliphatic heterocycles. The largest absolute Gasteiger partial charge is 0.479 e. The van der Waals surface area contributed by atoms with E-state index in [1.165, 1.54) is 6.92 Å². The molecule has 2 aromatic rings. The zero-order chi connectivity index (χ0) is 21.2. The molecule has 2 N–H and O–H groups in total. The van der Waals surface area contributed by atoms with E-state index in [0.29, 0.717) is 23.4 Å². The average molecular weight is 395 g/mol. The molecule has 0 radical (unpaired) electrons. The predicted octanol–water partition coefficient (Wildman–Crippen LogP) is 2.46. The first-order valence-electron chi connectivity index (χ1n) is 8.95. The topological polar surface area (TPSA) is 118 Å². The van der Waals surface area contributed by atoms with E-state index >= 15 is 0 Å². The molecule has 2 atom stereocenters. The van der Waals surface area contributed by atoms with Crippen molar-refractivity contribution in [2.24, 2.45) is 0 Å². The monoisotopic (exact) mass is 395 g/mol. The van der Waals surface area contributed by atoms with Crippen LogP contribution < -0.4 is 15.4 Å². The van der Waals surface area contributed by atoms with E-state index in [1.54, 1.807) is 61.5 Å². The number of ether oxygens (including phenoxy) is 2. The van der Waals surface area contributed by atoms with Gasteiger partial charge in [0.05, 0.1) is 11.6 Å². The third kappa shape index (κ3) is 6.36. The summed E-state index contributed by atoms with van der Waals surface area (Å²) in [4.78, 5) is 36.7. The number of amides is 3. The van der Waals surface area contributed by atoms with Crippen molar-refractivity contribution < 1.29 is 23.9 Å². The van der Waals surface area contributed by atoms with Crippen LogP contribution in [0, 0.1) is 11.3 Å². The van der Waals surface area contributed by atoms with Gasteiger partial charge in [-0.05, 0) is 38.1 Å². The molecule has 0 unspecified atom stereocenters. The Kier molecular flexibility index (Phi) is 7.74. The van der Waals surface area contributed by atoms with Gasteiger partial charge in [-0.15, -0.1) is 0 Å². The van der Waals surface area contributed by atoms with Crippen LogP contribution in [0.15, 0.2) is 54.6 Å². The van der Waals surface area contributed by atoms with Crippen LogP contribution in [0.2, 0.25) is 0 Å². The van der Waals surface area contributed by atoms with Crippen LogP contribution in [-0.4, -0.2) is 30.6 Å². The van der Waals surface area contributed by atoms with E-state index in [0.717, 1.165) is 0 Å². The number of esters is 1. The van der Waals surface area contributed by atoms with Gasteiger partial charge in [0.25, 0.3) is 5.91 Å². The van der Waals surface area contributed by atoms with Gasteiger partial charge in [0.1, 0.15) is 5.75 Å². The minimum atomic E-state index is -1.32. The van der Waals surface area contributed by atoms with Gasteiger partial charge in [0, 0.05) is 12.1 Å². The summed E-state index contributed by atoms with van der Waals surface area (Å²) in [7, 11) is 0. The number of hydrogen-bond acceptors (Lipinski definition) is 6. The fourth-order valence-corrected chi connectivity index (χ4v) is 2.36. The Hall–Kier alpha value is -3.86. The van der Waals surface area contributed by atoms with E-state index < -0.39 is 30.1 Å². The van der Waals surface area contributed by atoms with Crippen molar-refractivity contribution in [1.82, 2.24) is 10.6 Å². The van der Waals surface area contributed by atoms with Gasteiger partial charge < -0.3 is 14.8 Å². The Morgan fingerprint density at radius 3 is 2.31 bits per heavy atom. The van der Waals surface area contributed by atoms with Gasteiger partial charge in [-0.3, -0.25) is 10.1 Å². The molecule has 0 fully saturated rings. The Labute approximate surface area is 168 Å². The van der Waals surface area contributed by atoms with Gasteiger partial charge in [0.2, 0.25) is 6.10 Å². The van der Waals surface area contributed by atoms with Crippen molar-refractivity contribution in [3.8, 4) is 11.8 Å². The zero-order valence-corrected chi connectivity index (χ0v) is 16.0. The molecule has 2 rings (SSSR count). The molecular weight excluding hydrogens is 374 g/mol. The van der Waals surface area contributed by atoms with E-state index in [-0.39, 0.29) is 0 Å². The number of nitrogens with one attached hydrogen (secondary N) is 2. The smallest absolute Gasteiger partial charge is 0.348 e. The van der Waals surface area contributed by atoms with Gasteiger partial charge in [-0.25, -0.2) is 9.59 Å². The first-order valence-corrected chi connectivity index (χ1v) is 8.95. The highest BCUT2D eigenvalue weighted by molar-refractivity contribution is 5.97. The van der Waals surface area contributed by atoms with Gasteiger partial charge in [0.15, 0.2) is 6.10 Å². The maximum atomic E-state index is 12.5. The Morgan fingerprint density at radius 1 is 1.07 bits per heavy atom. The zero-order valence-electron chi connectivity index (χ0n) is 16.0. The number of carbonyl (C=O) groups is 3. The maximum Gasteiger partial charge on any atom is 0.348 e. The summed E-state index contributed by atoms with van der Waals surface area (Å²) in [6.45, 7) is 3.52. The van der Waals surface area contributed by atoms with Crippen molar-refractivity contribution in [3.05, 3.63) is 65.7 Å². The highest BCUT2D eigenvalue weighted by Gasteiger charge is 2.29. The molecule has 2 aromatic carbocycles. The van der Waals surface area contributed by atoms with E-state index in [2.05, 4.69) is 10.6 Å². The summed E-state index contributed by atoms with van der Waals surface area (Å²) in [5.74, 6) is -1.19. The van der Waals surface area contributed by atoms with Crippen LogP contribution in [0.4, 0.5) is 4.79 Å². The van der Waals surface area contributed by atoms with Crippen LogP contribution in [0.5, 0.6) is 5.75 Å². The molecule has 0 aliphatic rings. The molecule has 0 bridgehead atoms. The number of nitriles is 1. The molecule has 150 valence electrons. The summed E-state index contributed by atoms with van der Waals surface area (Å²) in [5, 5.41) is 13.4. The van der Waals surface area contributed by atoms with Crippen molar-refractivity contribution >= 4 is 17.9 Å². The molecule has 8 nitrogen and oxygen atoms in total. The summed E-state index contributed by atoms with van der Waals surface area (Å²) >= 11 is 0. The third-order valence-electron chi connectivity index (χ3n) is 3.78. The van der Waals surface area contributed by atoms with Crippen LogP contribution in [0.1, 0.15) is 31.1 Å². The lowest BCUT2D eigenvalue weighted by Gasteiger charge is -2.20. The lowest BCUT2D eigenvalue weighted by Crippen LogP contribution is -2.43. The van der Waals surface area contributed by atoms with Gasteiger partial charge in [-0.1, -0.05) is 30.3 Å². The quantitative estimate of drug-likeness (QED) is 0.696. The number of carbonyl (C=O) groups excluding carboxylic acids is 3. The highest BCUT2D eigenvalue weighted by atomic mass is 16.6. The van der Waals surface area contributed by atoms with E-state index in [9.17, 15) is 14.4 Å². The molecule has 0 saturated carbocycles. The lowest BCUT2D eigenvalue weighted by atomic mass is 10.1. The number of benzene rings is 2. The SMILES string of the molecule is CCNC(=O)NC(=O)[C@@H](OC(=O)[C@@H](C)Oc1ccc(C#N)cc1)c1ccccc1. The molecule has 0 heterocycles. The Balaban J connectivity index is 2.10. The minimum absolute atomic E-state index is 0.338. The van der Waals surface area contributed by atoms with Gasteiger partial charge in [-0.2, -0.15) is 5.26 Å².